The molecule has 2 aromatic heterocycles. The number of thiazole rings is 1. The first-order chi connectivity index (χ1) is 29.5. The summed E-state index contributed by atoms with van der Waals surface area (Å²) in [5, 5.41) is 6.53. The van der Waals surface area contributed by atoms with Gasteiger partial charge in [-0.15, -0.1) is 11.3 Å². The van der Waals surface area contributed by atoms with Crippen LogP contribution in [0.4, 0.5) is 14.5 Å². The average molecular weight is 893 g/mol. The van der Waals surface area contributed by atoms with E-state index in [1.807, 2.05) is 42.7 Å². The van der Waals surface area contributed by atoms with E-state index in [1.54, 1.807) is 14.0 Å². The Hall–Kier alpha value is -5.16. The van der Waals surface area contributed by atoms with E-state index in [9.17, 15) is 31.6 Å². The number of nitrogens with two attached hydrogens (primary N) is 1. The zero-order chi connectivity index (χ0) is 44.5. The molecular formula is C45H54F2N6O7S2. The molecule has 7 rings (SSSR count). The fourth-order valence-electron chi connectivity index (χ4n) is 7.86. The van der Waals surface area contributed by atoms with Crippen LogP contribution in [-0.4, -0.2) is 77.6 Å². The van der Waals surface area contributed by atoms with E-state index in [-0.39, 0.29) is 36.4 Å². The monoisotopic (exact) mass is 892 g/mol. The highest BCUT2D eigenvalue weighted by molar-refractivity contribution is 7.91. The minimum Gasteiger partial charge on any atom is -0.496 e. The Morgan fingerprint density at radius 1 is 1.05 bits per heavy atom. The number of ether oxygens (including phenoxy) is 2. The summed E-state index contributed by atoms with van der Waals surface area (Å²) in [7, 11) is -2.07. The lowest BCUT2D eigenvalue weighted by atomic mass is 10.0. The molecule has 2 aromatic carbocycles. The largest absolute Gasteiger partial charge is 0.496 e. The Kier molecular flexibility index (Phi) is 13.2. The molecule has 0 spiro atoms. The summed E-state index contributed by atoms with van der Waals surface area (Å²) in [4.78, 5) is 51.1. The highest BCUT2D eigenvalue weighted by atomic mass is 32.2. The maximum atomic E-state index is 14.4. The van der Waals surface area contributed by atoms with Gasteiger partial charge in [-0.05, 0) is 88.5 Å². The van der Waals surface area contributed by atoms with Crippen LogP contribution in [-0.2, 0) is 24.4 Å². The Balaban J connectivity index is 1.02. The van der Waals surface area contributed by atoms with Gasteiger partial charge in [0.1, 0.15) is 40.4 Å². The molecule has 1 saturated heterocycles. The van der Waals surface area contributed by atoms with Crippen LogP contribution in [0.5, 0.6) is 11.5 Å². The number of nitrogens with one attached hydrogen (secondary N) is 2. The van der Waals surface area contributed by atoms with E-state index in [0.717, 1.165) is 46.6 Å². The summed E-state index contributed by atoms with van der Waals surface area (Å²) >= 11 is 1.48. The van der Waals surface area contributed by atoms with Gasteiger partial charge >= 0.3 is 0 Å². The van der Waals surface area contributed by atoms with Gasteiger partial charge in [0.2, 0.25) is 27.7 Å². The van der Waals surface area contributed by atoms with Crippen LogP contribution in [0.25, 0.3) is 21.6 Å². The van der Waals surface area contributed by atoms with Gasteiger partial charge in [-0.25, -0.2) is 27.2 Å². The Labute approximate surface area is 364 Å². The number of anilines is 1. The normalized spacial score (nSPS) is 21.0. The van der Waals surface area contributed by atoms with Gasteiger partial charge in [0.05, 0.1) is 29.6 Å². The lowest BCUT2D eigenvalue weighted by Gasteiger charge is -2.28. The summed E-state index contributed by atoms with van der Waals surface area (Å²) in [6.07, 6.45) is 8.28. The maximum absolute atomic E-state index is 14.4. The molecule has 5 atom stereocenters. The quantitative estimate of drug-likeness (QED) is 0.0629. The molecule has 3 amide bonds. The lowest BCUT2D eigenvalue weighted by molar-refractivity contribution is -0.138. The van der Waals surface area contributed by atoms with Crippen molar-refractivity contribution < 1.29 is 41.1 Å². The van der Waals surface area contributed by atoms with Crippen LogP contribution in [0.3, 0.4) is 0 Å². The highest BCUT2D eigenvalue weighted by Crippen LogP contribution is 2.44. The van der Waals surface area contributed by atoms with Crippen molar-refractivity contribution in [3.05, 3.63) is 76.8 Å². The molecule has 2 saturated carbocycles. The van der Waals surface area contributed by atoms with Crippen molar-refractivity contribution in [1.29, 1.82) is 0 Å². The number of rotatable bonds is 19. The number of aromatic nitrogens is 2. The number of amides is 3. The van der Waals surface area contributed by atoms with Crippen molar-refractivity contribution in [2.24, 2.45) is 17.6 Å². The molecule has 62 heavy (non-hydrogen) atoms. The maximum Gasteiger partial charge on any atom is 0.245 e. The van der Waals surface area contributed by atoms with E-state index < -0.39 is 62.3 Å². The molecule has 4 aromatic rings. The number of benzene rings is 2. The number of likely N-dealkylation sites (tertiary alicyclic amines) is 1. The first-order valence-electron chi connectivity index (χ1n) is 21.1. The number of nitrogens with zero attached hydrogens (tertiary/aromatic N) is 3. The second-order valence-corrected chi connectivity index (χ2v) is 20.3. The summed E-state index contributed by atoms with van der Waals surface area (Å²) < 4.78 is 66.8. The van der Waals surface area contributed by atoms with E-state index in [2.05, 4.69) is 23.9 Å². The molecule has 0 bridgehead atoms. The van der Waals surface area contributed by atoms with Gasteiger partial charge in [0.15, 0.2) is 11.6 Å². The number of carbonyl (C=O) groups is 3. The zero-order valence-electron chi connectivity index (χ0n) is 35.6. The molecule has 3 heterocycles. The van der Waals surface area contributed by atoms with E-state index in [4.69, 9.17) is 25.2 Å². The number of pyridine rings is 1. The smallest absolute Gasteiger partial charge is 0.245 e. The number of aryl methyl sites for hydroxylation is 1. The standard InChI is InChI=1S/C45H54F2N6O7S2/c1-25(2)36-24-61-43(51-36)35-22-39(30-14-16-38(59-5)26(3)40(30)50-35)60-29-21-37(41(48)54)53(23-29)44(56)34(49-28-13-15-32(46)33(47)20-28)12-10-8-6-7-9-11-27-19-31(27)42(55)52-62(57,58)45(4)17-18-45/h9,11,13-16,20,22,24-25,27,29,31,34,37,49H,6-8,10,12,17-19,21,23H2,1-5H3,(H2,48,54)(H,52,55)/b11-9-/t27-,29-,31+,34+,37+/m1/s1. The number of methoxy groups -OCH3 is 1. The lowest BCUT2D eigenvalue weighted by Crippen LogP contribution is -2.49. The number of halogens is 2. The zero-order valence-corrected chi connectivity index (χ0v) is 37.2. The molecule has 0 radical (unpaired) electrons. The molecule has 0 unspecified atom stereocenters. The molecule has 13 nitrogen and oxygen atoms in total. The Bertz CT molecular complexity index is 2490. The van der Waals surface area contributed by atoms with Crippen molar-refractivity contribution in [3.63, 3.8) is 0 Å². The summed E-state index contributed by atoms with van der Waals surface area (Å²) in [6.45, 7) is 7.74. The fourth-order valence-corrected chi connectivity index (χ4v) is 10.1. The first kappa shape index (κ1) is 44.9. The third kappa shape index (κ3) is 9.88. The topological polar surface area (TPSA) is 183 Å². The summed E-state index contributed by atoms with van der Waals surface area (Å²) in [5.74, 6) is -2.63. The fraction of sp³-hybridized carbons (Fsp3) is 0.489. The first-order valence-corrected chi connectivity index (χ1v) is 23.5. The third-order valence-corrected chi connectivity index (χ3v) is 15.2. The number of carbonyl (C=O) groups excluding carboxylic acids is 3. The minimum absolute atomic E-state index is 0.00567. The molecule has 332 valence electrons. The SMILES string of the molecule is COc1ccc2c(O[C@@H]3C[C@@H](C(N)=O)N(C(=O)[C@H](CCCCC/C=C\[C@@H]4C[C@@H]4C(=O)NS(=O)(=O)C4(C)CC4)Nc4ccc(F)c(F)c4)C3)cc(-c3nc(C(C)C)cs3)nc2c1C. The van der Waals surface area contributed by atoms with Crippen molar-refractivity contribution in [1.82, 2.24) is 19.6 Å². The summed E-state index contributed by atoms with van der Waals surface area (Å²) in [5.41, 5.74) is 9.16. The predicted octanol–water partition coefficient (Wildman–Crippen LogP) is 7.53. The van der Waals surface area contributed by atoms with Crippen molar-refractivity contribution in [2.75, 3.05) is 19.0 Å². The Morgan fingerprint density at radius 2 is 1.82 bits per heavy atom. The number of primary amides is 1. The molecule has 3 aliphatic rings. The summed E-state index contributed by atoms with van der Waals surface area (Å²) in [6, 6.07) is 6.97. The minimum atomic E-state index is -3.67. The molecule has 3 fully saturated rings. The molecule has 2 aliphatic carbocycles. The number of unbranched alkanes of at least 4 members (excludes halogenated alkanes) is 3. The van der Waals surface area contributed by atoms with E-state index in [1.165, 1.54) is 22.3 Å². The van der Waals surface area contributed by atoms with Crippen molar-refractivity contribution >= 4 is 55.7 Å². The third-order valence-electron chi connectivity index (χ3n) is 12.2. The number of hydrogen-bond acceptors (Lipinski definition) is 11. The highest BCUT2D eigenvalue weighted by Gasteiger charge is 2.52. The molecule has 1 aliphatic heterocycles. The van der Waals surface area contributed by atoms with Crippen LogP contribution >= 0.6 is 11.3 Å². The van der Waals surface area contributed by atoms with Crippen molar-refractivity contribution in [3.8, 4) is 22.2 Å². The van der Waals surface area contributed by atoms with Crippen molar-refractivity contribution in [2.45, 2.75) is 114 Å². The Morgan fingerprint density at radius 3 is 2.50 bits per heavy atom. The molecule has 4 N–H and O–H groups in total. The second-order valence-electron chi connectivity index (χ2n) is 17.2. The van der Waals surface area contributed by atoms with E-state index in [0.29, 0.717) is 61.2 Å². The van der Waals surface area contributed by atoms with E-state index >= 15 is 0 Å². The molecular weight excluding hydrogens is 839 g/mol. The van der Waals surface area contributed by atoms with Gasteiger partial charge in [-0.1, -0.05) is 38.8 Å². The predicted molar refractivity (Wildman–Crippen MR) is 234 cm³/mol. The van der Waals surface area contributed by atoms with Crippen LogP contribution in [0.1, 0.15) is 95.7 Å². The van der Waals surface area contributed by atoms with Crippen LogP contribution < -0.4 is 25.2 Å². The van der Waals surface area contributed by atoms with Gasteiger partial charge in [0.25, 0.3) is 0 Å². The van der Waals surface area contributed by atoms with Gasteiger partial charge in [-0.3, -0.25) is 19.1 Å². The van der Waals surface area contributed by atoms with Gasteiger partial charge in [0, 0.05) is 46.5 Å². The van der Waals surface area contributed by atoms with Crippen LogP contribution in [0.2, 0.25) is 0 Å². The number of fused-ring (bicyclic) bond motifs is 1. The van der Waals surface area contributed by atoms with Crippen LogP contribution in [0, 0.1) is 30.4 Å². The van der Waals surface area contributed by atoms with Crippen LogP contribution in [0.15, 0.2) is 53.9 Å². The second kappa shape index (κ2) is 18.3. The average Bonchev–Trinajstić information content (AvgIpc) is 4.07. The number of sulfonamides is 1. The molecule has 17 heteroatoms. The number of allylic oxidation sites excluding steroid dienone is 2. The number of hydrogen-bond donors (Lipinski definition) is 3. The van der Waals surface area contributed by atoms with Gasteiger partial charge < -0.3 is 25.4 Å². The van der Waals surface area contributed by atoms with Gasteiger partial charge in [-0.2, -0.15) is 0 Å².